The number of fused-ring (bicyclic) bond motifs is 1. The van der Waals surface area contributed by atoms with Crippen LogP contribution in [0.15, 0.2) is 36.4 Å². The van der Waals surface area contributed by atoms with Gasteiger partial charge in [-0.25, -0.2) is 8.42 Å². The summed E-state index contributed by atoms with van der Waals surface area (Å²) in [5, 5.41) is 3.46. The lowest BCUT2D eigenvalue weighted by atomic mass is 10.0. The first-order valence-electron chi connectivity index (χ1n) is 9.44. The van der Waals surface area contributed by atoms with Crippen molar-refractivity contribution in [2.75, 3.05) is 10.6 Å². The molecule has 0 aliphatic heterocycles. The molecule has 3 rings (SSSR count). The predicted octanol–water partition coefficient (Wildman–Crippen LogP) is 4.51. The number of hydrogen-bond donors (Lipinski definition) is 1. The van der Waals surface area contributed by atoms with E-state index in [-0.39, 0.29) is 16.8 Å². The van der Waals surface area contributed by atoms with Gasteiger partial charge in [0, 0.05) is 0 Å². The highest BCUT2D eigenvalue weighted by Crippen LogP contribution is 2.30. The van der Waals surface area contributed by atoms with E-state index in [1.54, 1.807) is 6.92 Å². The lowest BCUT2D eigenvalue weighted by molar-refractivity contribution is -0.122. The number of anilines is 1. The van der Waals surface area contributed by atoms with Gasteiger partial charge in [0.2, 0.25) is 15.9 Å². The molecule has 0 spiro atoms. The van der Waals surface area contributed by atoms with Gasteiger partial charge in [-0.05, 0) is 68.0 Å². The Kier molecular flexibility index (Phi) is 6.46. The van der Waals surface area contributed by atoms with E-state index in [1.165, 1.54) is 29.3 Å². The molecule has 0 unspecified atom stereocenters. The molecule has 1 N–H and O–H groups in total. The number of halogens is 2. The second kappa shape index (κ2) is 8.54. The second-order valence-electron chi connectivity index (χ2n) is 7.45. The topological polar surface area (TPSA) is 66.5 Å². The van der Waals surface area contributed by atoms with Gasteiger partial charge < -0.3 is 5.32 Å². The summed E-state index contributed by atoms with van der Waals surface area (Å²) in [5.74, 6) is -0.394. The van der Waals surface area contributed by atoms with Crippen molar-refractivity contribution < 1.29 is 13.2 Å². The molecule has 0 saturated carbocycles. The number of hydrogen-bond acceptors (Lipinski definition) is 3. The standard InChI is InChI=1S/C21H24Cl2N2O3S/c1-13(16-8-7-15-5-4-6-17(15)11-16)24-21(26)14(2)25(29(3,27)28)18-9-10-19(22)20(23)12-18/h7-14H,4-6H2,1-3H3,(H,24,26)/t13-,14+/m0/s1. The van der Waals surface area contributed by atoms with Gasteiger partial charge in [0.1, 0.15) is 6.04 Å². The molecular formula is C21H24Cl2N2O3S. The molecule has 2 aromatic rings. The number of carbonyl (C=O) groups excluding carboxylic acids is 1. The van der Waals surface area contributed by atoms with E-state index in [1.807, 2.05) is 13.0 Å². The van der Waals surface area contributed by atoms with Crippen LogP contribution in [0.5, 0.6) is 0 Å². The van der Waals surface area contributed by atoms with Crippen molar-refractivity contribution in [2.24, 2.45) is 0 Å². The van der Waals surface area contributed by atoms with E-state index in [2.05, 4.69) is 17.4 Å². The molecule has 0 radical (unpaired) electrons. The summed E-state index contributed by atoms with van der Waals surface area (Å²) >= 11 is 12.0. The minimum absolute atomic E-state index is 0.219. The van der Waals surface area contributed by atoms with Gasteiger partial charge >= 0.3 is 0 Å². The van der Waals surface area contributed by atoms with Crippen LogP contribution >= 0.6 is 23.2 Å². The van der Waals surface area contributed by atoms with Crippen molar-refractivity contribution in [3.63, 3.8) is 0 Å². The first kappa shape index (κ1) is 21.9. The molecule has 0 fully saturated rings. The van der Waals surface area contributed by atoms with Crippen LogP contribution in [0.4, 0.5) is 5.69 Å². The quantitative estimate of drug-likeness (QED) is 0.697. The summed E-state index contributed by atoms with van der Waals surface area (Å²) in [6, 6.07) is 9.54. The molecule has 0 bridgehead atoms. The molecule has 1 aliphatic rings. The number of benzene rings is 2. The maximum Gasteiger partial charge on any atom is 0.244 e. The summed E-state index contributed by atoms with van der Waals surface area (Å²) in [6.45, 7) is 3.44. The Labute approximate surface area is 182 Å². The lowest BCUT2D eigenvalue weighted by Crippen LogP contribution is -2.48. The largest absolute Gasteiger partial charge is 0.348 e. The second-order valence-corrected chi connectivity index (χ2v) is 10.1. The fourth-order valence-electron chi connectivity index (χ4n) is 3.71. The van der Waals surface area contributed by atoms with Crippen LogP contribution in [0.1, 0.15) is 43.0 Å². The van der Waals surface area contributed by atoms with Crippen LogP contribution in [0, 0.1) is 0 Å². The number of nitrogens with zero attached hydrogens (tertiary/aromatic N) is 1. The molecule has 1 amide bonds. The van der Waals surface area contributed by atoms with Gasteiger partial charge in [0.15, 0.2) is 0 Å². The van der Waals surface area contributed by atoms with Crippen molar-refractivity contribution in [1.82, 2.24) is 5.32 Å². The first-order valence-corrected chi connectivity index (χ1v) is 12.0. The summed E-state index contributed by atoms with van der Waals surface area (Å²) in [6.07, 6.45) is 4.37. The highest BCUT2D eigenvalue weighted by molar-refractivity contribution is 7.92. The summed E-state index contributed by atoms with van der Waals surface area (Å²) < 4.78 is 25.9. The highest BCUT2D eigenvalue weighted by atomic mass is 35.5. The Morgan fingerprint density at radius 2 is 1.72 bits per heavy atom. The Balaban J connectivity index is 1.81. The Bertz CT molecular complexity index is 1040. The third kappa shape index (κ3) is 4.87. The molecule has 29 heavy (non-hydrogen) atoms. The van der Waals surface area contributed by atoms with Gasteiger partial charge in [0.25, 0.3) is 0 Å². The lowest BCUT2D eigenvalue weighted by Gasteiger charge is -2.29. The van der Waals surface area contributed by atoms with Crippen LogP contribution in [-0.4, -0.2) is 26.6 Å². The highest BCUT2D eigenvalue weighted by Gasteiger charge is 2.30. The minimum atomic E-state index is -3.73. The van der Waals surface area contributed by atoms with Crippen molar-refractivity contribution in [3.05, 3.63) is 63.1 Å². The predicted molar refractivity (Wildman–Crippen MR) is 118 cm³/mol. The Morgan fingerprint density at radius 1 is 1.03 bits per heavy atom. The van der Waals surface area contributed by atoms with Crippen LogP contribution in [0.2, 0.25) is 10.0 Å². The van der Waals surface area contributed by atoms with E-state index in [4.69, 9.17) is 23.2 Å². The Morgan fingerprint density at radius 3 is 2.38 bits per heavy atom. The van der Waals surface area contributed by atoms with E-state index in [0.717, 1.165) is 35.4 Å². The van der Waals surface area contributed by atoms with Crippen LogP contribution in [-0.2, 0) is 27.7 Å². The van der Waals surface area contributed by atoms with Crippen molar-refractivity contribution in [1.29, 1.82) is 0 Å². The monoisotopic (exact) mass is 454 g/mol. The molecule has 1 aliphatic carbocycles. The average molecular weight is 455 g/mol. The van der Waals surface area contributed by atoms with E-state index in [9.17, 15) is 13.2 Å². The molecule has 5 nitrogen and oxygen atoms in total. The SMILES string of the molecule is C[C@H](NC(=O)[C@@H](C)N(c1ccc(Cl)c(Cl)c1)S(C)(=O)=O)c1ccc2c(c1)CCC2. The van der Waals surface area contributed by atoms with Gasteiger partial charge in [-0.1, -0.05) is 41.4 Å². The van der Waals surface area contributed by atoms with Crippen LogP contribution in [0.3, 0.4) is 0 Å². The maximum atomic E-state index is 12.9. The van der Waals surface area contributed by atoms with E-state index in [0.29, 0.717) is 5.02 Å². The van der Waals surface area contributed by atoms with E-state index >= 15 is 0 Å². The van der Waals surface area contributed by atoms with Crippen molar-refractivity contribution in [3.8, 4) is 0 Å². The summed E-state index contributed by atoms with van der Waals surface area (Å²) in [4.78, 5) is 12.9. The zero-order chi connectivity index (χ0) is 21.3. The molecule has 0 aromatic heterocycles. The first-order chi connectivity index (χ1) is 13.6. The summed E-state index contributed by atoms with van der Waals surface area (Å²) in [5.41, 5.74) is 3.98. The Hall–Kier alpha value is -1.76. The number of aryl methyl sites for hydroxylation is 2. The number of carbonyl (C=O) groups is 1. The number of sulfonamides is 1. The fraction of sp³-hybridized carbons (Fsp3) is 0.381. The van der Waals surface area contributed by atoms with Crippen molar-refractivity contribution in [2.45, 2.75) is 45.2 Å². The number of amides is 1. The fourth-order valence-corrected chi connectivity index (χ4v) is 5.17. The van der Waals surface area contributed by atoms with Crippen LogP contribution in [0.25, 0.3) is 0 Å². The molecule has 2 aromatic carbocycles. The molecule has 156 valence electrons. The van der Waals surface area contributed by atoms with Gasteiger partial charge in [-0.15, -0.1) is 0 Å². The zero-order valence-corrected chi connectivity index (χ0v) is 18.9. The smallest absolute Gasteiger partial charge is 0.244 e. The minimum Gasteiger partial charge on any atom is -0.348 e. The van der Waals surface area contributed by atoms with Gasteiger partial charge in [-0.3, -0.25) is 9.10 Å². The normalized spacial score (nSPS) is 15.5. The number of nitrogens with one attached hydrogen (secondary N) is 1. The molecule has 0 heterocycles. The average Bonchev–Trinajstić information content (AvgIpc) is 3.11. The third-order valence-corrected chi connectivity index (χ3v) is 7.21. The molecular weight excluding hydrogens is 431 g/mol. The maximum absolute atomic E-state index is 12.9. The van der Waals surface area contributed by atoms with Crippen LogP contribution < -0.4 is 9.62 Å². The third-order valence-electron chi connectivity index (χ3n) is 5.23. The van der Waals surface area contributed by atoms with E-state index < -0.39 is 22.0 Å². The molecule has 8 heteroatoms. The zero-order valence-electron chi connectivity index (χ0n) is 16.6. The summed E-state index contributed by atoms with van der Waals surface area (Å²) in [7, 11) is -3.73. The van der Waals surface area contributed by atoms with Gasteiger partial charge in [-0.2, -0.15) is 0 Å². The molecule has 0 saturated heterocycles. The number of rotatable bonds is 6. The van der Waals surface area contributed by atoms with Gasteiger partial charge in [0.05, 0.1) is 28.0 Å². The molecule has 2 atom stereocenters. The van der Waals surface area contributed by atoms with Crippen molar-refractivity contribution >= 4 is 44.8 Å².